The van der Waals surface area contributed by atoms with Crippen LogP contribution in [0.3, 0.4) is 0 Å². The molecule has 1 aliphatic rings. The number of methoxy groups -OCH3 is 2. The quantitative estimate of drug-likeness (QED) is 0.937. The number of hydrogen-bond donors (Lipinski definition) is 1. The number of nitrogens with two attached hydrogens (primary N) is 1. The molecule has 0 amide bonds. The van der Waals surface area contributed by atoms with Gasteiger partial charge in [0.1, 0.15) is 11.5 Å². The smallest absolute Gasteiger partial charge is 0.124 e. The Balaban J connectivity index is 1.97. The van der Waals surface area contributed by atoms with Crippen LogP contribution in [0.25, 0.3) is 0 Å². The molecule has 1 aromatic heterocycles. The molecular formula is C17H21NO2S. The topological polar surface area (TPSA) is 44.5 Å². The second kappa shape index (κ2) is 6.08. The van der Waals surface area contributed by atoms with Gasteiger partial charge in [-0.2, -0.15) is 0 Å². The van der Waals surface area contributed by atoms with Gasteiger partial charge in [-0.05, 0) is 55.5 Å². The molecule has 112 valence electrons. The fourth-order valence-corrected chi connectivity index (χ4v) is 4.18. The minimum absolute atomic E-state index is 0.161. The van der Waals surface area contributed by atoms with Gasteiger partial charge < -0.3 is 15.2 Å². The van der Waals surface area contributed by atoms with E-state index in [0.717, 1.165) is 17.1 Å². The number of hydrogen-bond acceptors (Lipinski definition) is 4. The van der Waals surface area contributed by atoms with Gasteiger partial charge in [0.25, 0.3) is 0 Å². The Kier molecular flexibility index (Phi) is 4.17. The number of benzene rings is 1. The number of aryl methyl sites for hydroxylation is 2. The van der Waals surface area contributed by atoms with Crippen molar-refractivity contribution in [2.75, 3.05) is 14.2 Å². The van der Waals surface area contributed by atoms with Crippen LogP contribution in [-0.2, 0) is 12.8 Å². The maximum atomic E-state index is 6.50. The number of thiophene rings is 1. The predicted octanol–water partition coefficient (Wildman–Crippen LogP) is 3.69. The van der Waals surface area contributed by atoms with Gasteiger partial charge in [-0.3, -0.25) is 0 Å². The second-order valence-electron chi connectivity index (χ2n) is 5.39. The van der Waals surface area contributed by atoms with Crippen LogP contribution in [0.1, 0.15) is 39.8 Å². The highest BCUT2D eigenvalue weighted by Gasteiger charge is 2.20. The van der Waals surface area contributed by atoms with Gasteiger partial charge in [-0.25, -0.2) is 0 Å². The van der Waals surface area contributed by atoms with Crippen molar-refractivity contribution >= 4 is 11.3 Å². The van der Waals surface area contributed by atoms with Crippen molar-refractivity contribution in [3.05, 3.63) is 45.1 Å². The zero-order valence-electron chi connectivity index (χ0n) is 12.5. The van der Waals surface area contributed by atoms with E-state index in [0.29, 0.717) is 0 Å². The lowest BCUT2D eigenvalue weighted by Crippen LogP contribution is -2.12. The van der Waals surface area contributed by atoms with Crippen LogP contribution in [-0.4, -0.2) is 14.2 Å². The summed E-state index contributed by atoms with van der Waals surface area (Å²) in [6, 6.07) is 7.91. The summed E-state index contributed by atoms with van der Waals surface area (Å²) in [4.78, 5) is 2.72. The van der Waals surface area contributed by atoms with Crippen LogP contribution >= 0.6 is 11.3 Å². The Morgan fingerprint density at radius 2 is 1.90 bits per heavy atom. The van der Waals surface area contributed by atoms with Gasteiger partial charge >= 0.3 is 0 Å². The fraction of sp³-hybridized carbons (Fsp3) is 0.412. The molecule has 0 saturated carbocycles. The van der Waals surface area contributed by atoms with Gasteiger partial charge in [0.15, 0.2) is 0 Å². The average molecular weight is 303 g/mol. The highest BCUT2D eigenvalue weighted by molar-refractivity contribution is 7.12. The Morgan fingerprint density at radius 1 is 1.10 bits per heavy atom. The van der Waals surface area contributed by atoms with Crippen molar-refractivity contribution in [2.45, 2.75) is 31.7 Å². The summed E-state index contributed by atoms with van der Waals surface area (Å²) in [6.07, 6.45) is 4.97. The SMILES string of the molecule is COc1ccc(OC)c(C(N)c2cc3c(s2)CCCC3)c1. The molecule has 21 heavy (non-hydrogen) atoms. The summed E-state index contributed by atoms with van der Waals surface area (Å²) in [6.45, 7) is 0. The van der Waals surface area contributed by atoms with E-state index in [-0.39, 0.29) is 6.04 Å². The molecule has 0 bridgehead atoms. The highest BCUT2D eigenvalue weighted by Crippen LogP contribution is 2.37. The Morgan fingerprint density at radius 3 is 2.62 bits per heavy atom. The molecule has 1 aromatic carbocycles. The zero-order chi connectivity index (χ0) is 14.8. The molecule has 1 heterocycles. The van der Waals surface area contributed by atoms with Crippen LogP contribution in [0.15, 0.2) is 24.3 Å². The third-order valence-electron chi connectivity index (χ3n) is 4.09. The van der Waals surface area contributed by atoms with Crippen molar-refractivity contribution in [2.24, 2.45) is 5.73 Å². The first-order valence-electron chi connectivity index (χ1n) is 7.32. The number of rotatable bonds is 4. The molecule has 2 N–H and O–H groups in total. The first-order chi connectivity index (χ1) is 10.2. The van der Waals surface area contributed by atoms with Crippen LogP contribution in [0.4, 0.5) is 0 Å². The Hall–Kier alpha value is -1.52. The highest BCUT2D eigenvalue weighted by atomic mass is 32.1. The second-order valence-corrected chi connectivity index (χ2v) is 6.56. The van der Waals surface area contributed by atoms with Crippen LogP contribution in [0, 0.1) is 0 Å². The summed E-state index contributed by atoms with van der Waals surface area (Å²) in [5, 5.41) is 0. The van der Waals surface area contributed by atoms with Gasteiger partial charge in [0, 0.05) is 15.3 Å². The molecule has 4 heteroatoms. The Labute approximate surface area is 129 Å². The van der Waals surface area contributed by atoms with Gasteiger partial charge in [0.05, 0.1) is 20.3 Å². The normalized spacial score (nSPS) is 15.4. The molecule has 1 aliphatic carbocycles. The summed E-state index contributed by atoms with van der Waals surface area (Å²) in [5.74, 6) is 1.62. The molecule has 0 spiro atoms. The molecule has 1 atom stereocenters. The molecule has 0 aliphatic heterocycles. The van der Waals surface area contributed by atoms with Gasteiger partial charge in [0.2, 0.25) is 0 Å². The third-order valence-corrected chi connectivity index (χ3v) is 5.41. The van der Waals surface area contributed by atoms with Crippen molar-refractivity contribution in [1.29, 1.82) is 0 Å². The van der Waals surface area contributed by atoms with Gasteiger partial charge in [-0.15, -0.1) is 11.3 Å². The molecular weight excluding hydrogens is 282 g/mol. The van der Waals surface area contributed by atoms with Crippen LogP contribution in [0.5, 0.6) is 11.5 Å². The minimum Gasteiger partial charge on any atom is -0.497 e. The summed E-state index contributed by atoms with van der Waals surface area (Å²) in [7, 11) is 3.35. The van der Waals surface area contributed by atoms with E-state index >= 15 is 0 Å². The summed E-state index contributed by atoms with van der Waals surface area (Å²) >= 11 is 1.85. The number of ether oxygens (including phenoxy) is 2. The van der Waals surface area contributed by atoms with E-state index in [9.17, 15) is 0 Å². The van der Waals surface area contributed by atoms with E-state index in [2.05, 4.69) is 6.07 Å². The largest absolute Gasteiger partial charge is 0.497 e. The predicted molar refractivity (Wildman–Crippen MR) is 86.5 cm³/mol. The number of fused-ring (bicyclic) bond motifs is 1. The maximum Gasteiger partial charge on any atom is 0.124 e. The molecule has 3 rings (SSSR count). The fourth-order valence-electron chi connectivity index (χ4n) is 2.90. The van der Waals surface area contributed by atoms with Crippen molar-refractivity contribution in [1.82, 2.24) is 0 Å². The summed E-state index contributed by atoms with van der Waals surface area (Å²) < 4.78 is 10.8. The first kappa shape index (κ1) is 14.4. The Bertz CT molecular complexity index is 612. The monoisotopic (exact) mass is 303 g/mol. The van der Waals surface area contributed by atoms with E-state index in [1.165, 1.54) is 41.0 Å². The molecule has 0 radical (unpaired) electrons. The van der Waals surface area contributed by atoms with E-state index in [1.807, 2.05) is 29.5 Å². The molecule has 2 aromatic rings. The van der Waals surface area contributed by atoms with Crippen molar-refractivity contribution in [3.63, 3.8) is 0 Å². The van der Waals surface area contributed by atoms with E-state index in [1.54, 1.807) is 14.2 Å². The van der Waals surface area contributed by atoms with Crippen molar-refractivity contribution < 1.29 is 9.47 Å². The lowest BCUT2D eigenvalue weighted by molar-refractivity contribution is 0.397. The molecule has 0 saturated heterocycles. The van der Waals surface area contributed by atoms with E-state index < -0.39 is 0 Å². The average Bonchev–Trinajstić information content (AvgIpc) is 2.97. The standard InChI is InChI=1S/C17H21NO2S/c1-19-12-7-8-14(20-2)13(10-12)17(18)16-9-11-5-3-4-6-15(11)21-16/h7-10,17H,3-6,18H2,1-2H3. The zero-order valence-corrected chi connectivity index (χ0v) is 13.3. The first-order valence-corrected chi connectivity index (χ1v) is 8.13. The molecule has 1 unspecified atom stereocenters. The van der Waals surface area contributed by atoms with Gasteiger partial charge in [-0.1, -0.05) is 0 Å². The third kappa shape index (κ3) is 2.78. The minimum atomic E-state index is -0.161. The van der Waals surface area contributed by atoms with Crippen molar-refractivity contribution in [3.8, 4) is 11.5 Å². The maximum absolute atomic E-state index is 6.50. The van der Waals surface area contributed by atoms with E-state index in [4.69, 9.17) is 15.2 Å². The lowest BCUT2D eigenvalue weighted by Gasteiger charge is -2.15. The molecule has 3 nitrogen and oxygen atoms in total. The summed E-state index contributed by atoms with van der Waals surface area (Å²) in [5.41, 5.74) is 8.97. The van der Waals surface area contributed by atoms with Crippen LogP contribution < -0.4 is 15.2 Å². The lowest BCUT2D eigenvalue weighted by atomic mass is 9.97. The molecule has 0 fully saturated rings. The van der Waals surface area contributed by atoms with Crippen LogP contribution in [0.2, 0.25) is 0 Å².